The molecule has 0 aliphatic rings. The number of esters is 1. The first-order valence-electron chi connectivity index (χ1n) is 6.09. The summed E-state index contributed by atoms with van der Waals surface area (Å²) in [5.41, 5.74) is -0.666. The Morgan fingerprint density at radius 2 is 1.75 bits per heavy atom. The van der Waals surface area contributed by atoms with Crippen LogP contribution in [0, 0.1) is 0 Å². The van der Waals surface area contributed by atoms with Gasteiger partial charge in [-0.05, 0) is 27.7 Å². The van der Waals surface area contributed by atoms with Crippen LogP contribution >= 0.6 is 12.6 Å². The van der Waals surface area contributed by atoms with Crippen LogP contribution < -0.4 is 10.6 Å². The van der Waals surface area contributed by atoms with Crippen LogP contribution in [0.25, 0.3) is 0 Å². The standard InChI is InChI=1S/C12H22N2O5S/c1-7(10(16)18-5)13-9(15)8(6-20)14-11(17)19-12(2,3)4/h7-8,20H,6H2,1-5H3,(H,13,15)(H,14,17)/t7-,8-/m0/s1. The third kappa shape index (κ3) is 7.22. The van der Waals surface area contributed by atoms with Crippen LogP contribution in [-0.2, 0) is 19.1 Å². The van der Waals surface area contributed by atoms with Gasteiger partial charge in [-0.25, -0.2) is 9.59 Å². The number of nitrogens with one attached hydrogen (secondary N) is 2. The smallest absolute Gasteiger partial charge is 0.408 e. The van der Waals surface area contributed by atoms with Crippen molar-refractivity contribution in [3.8, 4) is 0 Å². The van der Waals surface area contributed by atoms with E-state index < -0.39 is 35.7 Å². The average molecular weight is 306 g/mol. The summed E-state index contributed by atoms with van der Waals surface area (Å²) in [6.07, 6.45) is -0.725. The van der Waals surface area contributed by atoms with Crippen molar-refractivity contribution in [3.63, 3.8) is 0 Å². The van der Waals surface area contributed by atoms with Crippen molar-refractivity contribution in [2.45, 2.75) is 45.4 Å². The van der Waals surface area contributed by atoms with Gasteiger partial charge in [-0.15, -0.1) is 0 Å². The molecule has 0 saturated carbocycles. The quantitative estimate of drug-likeness (QED) is 0.507. The van der Waals surface area contributed by atoms with Gasteiger partial charge in [-0.2, -0.15) is 12.6 Å². The molecule has 0 bridgehead atoms. The maximum Gasteiger partial charge on any atom is 0.408 e. The fraction of sp³-hybridized carbons (Fsp3) is 0.750. The Morgan fingerprint density at radius 3 is 2.15 bits per heavy atom. The molecule has 2 amide bonds. The van der Waals surface area contributed by atoms with Gasteiger partial charge in [0.15, 0.2) is 0 Å². The van der Waals surface area contributed by atoms with E-state index in [-0.39, 0.29) is 5.75 Å². The van der Waals surface area contributed by atoms with E-state index in [4.69, 9.17) is 4.74 Å². The summed E-state index contributed by atoms with van der Waals surface area (Å²) in [5, 5.41) is 4.80. The summed E-state index contributed by atoms with van der Waals surface area (Å²) < 4.78 is 9.53. The number of rotatable bonds is 5. The molecule has 116 valence electrons. The third-order valence-corrected chi connectivity index (χ3v) is 2.47. The highest BCUT2D eigenvalue weighted by molar-refractivity contribution is 7.80. The number of ether oxygens (including phenoxy) is 2. The lowest BCUT2D eigenvalue weighted by Crippen LogP contribution is -2.52. The molecule has 0 aliphatic carbocycles. The Bertz CT molecular complexity index is 367. The Hall–Kier alpha value is -1.44. The zero-order valence-corrected chi connectivity index (χ0v) is 13.2. The third-order valence-electron chi connectivity index (χ3n) is 2.10. The van der Waals surface area contributed by atoms with E-state index in [9.17, 15) is 14.4 Å². The molecule has 0 aliphatic heterocycles. The van der Waals surface area contributed by atoms with Crippen molar-refractivity contribution in [1.29, 1.82) is 0 Å². The second kappa shape index (κ2) is 7.98. The van der Waals surface area contributed by atoms with Crippen molar-refractivity contribution in [1.82, 2.24) is 10.6 Å². The Morgan fingerprint density at radius 1 is 1.20 bits per heavy atom. The molecule has 0 unspecified atom stereocenters. The minimum Gasteiger partial charge on any atom is -0.467 e. The van der Waals surface area contributed by atoms with Crippen LogP contribution in [0.2, 0.25) is 0 Å². The molecule has 0 rings (SSSR count). The van der Waals surface area contributed by atoms with Gasteiger partial charge in [0.25, 0.3) is 0 Å². The summed E-state index contributed by atoms with van der Waals surface area (Å²) in [7, 11) is 1.22. The van der Waals surface area contributed by atoms with Gasteiger partial charge >= 0.3 is 12.1 Å². The van der Waals surface area contributed by atoms with E-state index in [0.29, 0.717) is 0 Å². The van der Waals surface area contributed by atoms with Gasteiger partial charge in [0.1, 0.15) is 17.7 Å². The van der Waals surface area contributed by atoms with E-state index >= 15 is 0 Å². The number of hydrogen-bond donors (Lipinski definition) is 3. The highest BCUT2D eigenvalue weighted by Crippen LogP contribution is 2.07. The molecular formula is C12H22N2O5S. The number of thiol groups is 1. The van der Waals surface area contributed by atoms with Gasteiger partial charge in [0, 0.05) is 5.75 Å². The van der Waals surface area contributed by atoms with Crippen LogP contribution in [0.5, 0.6) is 0 Å². The second-order valence-electron chi connectivity index (χ2n) is 5.13. The molecular weight excluding hydrogens is 284 g/mol. The summed E-state index contributed by atoms with van der Waals surface area (Å²) >= 11 is 3.99. The van der Waals surface area contributed by atoms with Crippen LogP contribution in [0.1, 0.15) is 27.7 Å². The Labute approximate surface area is 124 Å². The van der Waals surface area contributed by atoms with E-state index in [1.165, 1.54) is 14.0 Å². The van der Waals surface area contributed by atoms with Crippen molar-refractivity contribution in [3.05, 3.63) is 0 Å². The Kier molecular flexibility index (Phi) is 7.41. The first-order chi connectivity index (χ1) is 9.10. The molecule has 0 aromatic carbocycles. The average Bonchev–Trinajstić information content (AvgIpc) is 2.32. The number of methoxy groups -OCH3 is 1. The molecule has 0 radical (unpaired) electrons. The zero-order chi connectivity index (χ0) is 15.9. The topological polar surface area (TPSA) is 93.7 Å². The first-order valence-corrected chi connectivity index (χ1v) is 6.72. The van der Waals surface area contributed by atoms with Gasteiger partial charge in [0.2, 0.25) is 5.91 Å². The number of carbonyl (C=O) groups is 3. The summed E-state index contributed by atoms with van der Waals surface area (Å²) in [6, 6.07) is -1.71. The Balaban J connectivity index is 4.49. The van der Waals surface area contributed by atoms with Crippen molar-refractivity contribution < 1.29 is 23.9 Å². The summed E-state index contributed by atoms with van der Waals surface area (Å²) in [5.74, 6) is -1.05. The van der Waals surface area contributed by atoms with E-state index in [1.54, 1.807) is 20.8 Å². The SMILES string of the molecule is COC(=O)[C@H](C)NC(=O)[C@H](CS)NC(=O)OC(C)(C)C. The molecule has 8 heteroatoms. The monoisotopic (exact) mass is 306 g/mol. The van der Waals surface area contributed by atoms with E-state index in [1.807, 2.05) is 0 Å². The van der Waals surface area contributed by atoms with Crippen LogP contribution in [0.15, 0.2) is 0 Å². The predicted octanol–water partition coefficient (Wildman–Crippen LogP) is 0.487. The van der Waals surface area contributed by atoms with Crippen LogP contribution in [0.4, 0.5) is 4.79 Å². The summed E-state index contributed by atoms with van der Waals surface area (Å²) in [6.45, 7) is 6.61. The molecule has 0 heterocycles. The lowest BCUT2D eigenvalue weighted by molar-refractivity contribution is -0.144. The van der Waals surface area contributed by atoms with Crippen molar-refractivity contribution in [2.75, 3.05) is 12.9 Å². The molecule has 7 nitrogen and oxygen atoms in total. The van der Waals surface area contributed by atoms with Crippen molar-refractivity contribution in [2.24, 2.45) is 0 Å². The highest BCUT2D eigenvalue weighted by Gasteiger charge is 2.25. The van der Waals surface area contributed by atoms with Gasteiger partial charge in [-0.1, -0.05) is 0 Å². The van der Waals surface area contributed by atoms with E-state index in [2.05, 4.69) is 28.0 Å². The number of carbonyl (C=O) groups excluding carboxylic acids is 3. The van der Waals surface area contributed by atoms with Gasteiger partial charge in [-0.3, -0.25) is 4.79 Å². The second-order valence-corrected chi connectivity index (χ2v) is 5.50. The normalized spacial score (nSPS) is 13.9. The van der Waals surface area contributed by atoms with Gasteiger partial charge in [0.05, 0.1) is 7.11 Å². The molecule has 0 spiro atoms. The number of amides is 2. The highest BCUT2D eigenvalue weighted by atomic mass is 32.1. The largest absolute Gasteiger partial charge is 0.467 e. The molecule has 2 N–H and O–H groups in total. The van der Waals surface area contributed by atoms with Gasteiger partial charge < -0.3 is 20.1 Å². The lowest BCUT2D eigenvalue weighted by atomic mass is 10.2. The number of hydrogen-bond acceptors (Lipinski definition) is 6. The molecule has 0 aromatic heterocycles. The minimum absolute atomic E-state index is 0.0684. The minimum atomic E-state index is -0.903. The van der Waals surface area contributed by atoms with Crippen LogP contribution in [-0.4, -0.2) is 48.5 Å². The summed E-state index contributed by atoms with van der Waals surface area (Å²) in [4.78, 5) is 34.6. The maximum atomic E-state index is 11.9. The van der Waals surface area contributed by atoms with E-state index in [0.717, 1.165) is 0 Å². The molecule has 0 saturated heterocycles. The van der Waals surface area contributed by atoms with Crippen molar-refractivity contribution >= 4 is 30.6 Å². The fourth-order valence-corrected chi connectivity index (χ4v) is 1.45. The van der Waals surface area contributed by atoms with Crippen LogP contribution in [0.3, 0.4) is 0 Å². The fourth-order valence-electron chi connectivity index (χ4n) is 1.19. The molecule has 20 heavy (non-hydrogen) atoms. The first kappa shape index (κ1) is 18.6. The zero-order valence-electron chi connectivity index (χ0n) is 12.4. The number of alkyl carbamates (subject to hydrolysis) is 1. The lowest BCUT2D eigenvalue weighted by Gasteiger charge is -2.23. The molecule has 0 fully saturated rings. The maximum absolute atomic E-state index is 11.9. The molecule has 0 aromatic rings. The molecule has 2 atom stereocenters. The predicted molar refractivity (Wildman–Crippen MR) is 76.6 cm³/mol.